The van der Waals surface area contributed by atoms with E-state index in [1.807, 2.05) is 24.3 Å². The van der Waals surface area contributed by atoms with Crippen molar-refractivity contribution in [3.63, 3.8) is 0 Å². The molecule has 1 heterocycles. The number of aliphatic imine (C=N–C) groups is 2. The summed E-state index contributed by atoms with van der Waals surface area (Å²) in [7, 11) is 0. The predicted molar refractivity (Wildman–Crippen MR) is 68.0 cm³/mol. The van der Waals surface area contributed by atoms with E-state index in [1.165, 1.54) is 0 Å². The van der Waals surface area contributed by atoms with Crippen LogP contribution in [-0.2, 0) is 0 Å². The lowest BCUT2D eigenvalue weighted by molar-refractivity contribution is 1.04. The van der Waals surface area contributed by atoms with Crippen LogP contribution < -0.4 is 17.0 Å². The number of hydrogen-bond donors (Lipinski definition) is 4. The van der Waals surface area contributed by atoms with Gasteiger partial charge in [0.2, 0.25) is 17.2 Å². The molecular formula is C9H10ClN7. The number of benzene rings is 1. The van der Waals surface area contributed by atoms with Crippen LogP contribution in [0.5, 0.6) is 0 Å². The number of imidazole rings is 1. The highest BCUT2D eigenvalue weighted by Gasteiger charge is 2.01. The Bertz CT molecular complexity index is 553. The molecule has 0 spiro atoms. The molecule has 0 aliphatic heterocycles. The Morgan fingerprint density at radius 2 is 2.18 bits per heavy atom. The average molecular weight is 252 g/mol. The first-order valence-corrected chi connectivity index (χ1v) is 5.06. The van der Waals surface area contributed by atoms with Crippen molar-refractivity contribution in [3.8, 4) is 0 Å². The monoisotopic (exact) mass is 251 g/mol. The second-order valence-corrected chi connectivity index (χ2v) is 3.45. The maximum Gasteiger partial charge on any atom is 0.231 e. The topological polar surface area (TPSA) is 117 Å². The summed E-state index contributed by atoms with van der Waals surface area (Å²) >= 11 is 5.53. The molecule has 2 aromatic rings. The third kappa shape index (κ3) is 2.71. The fourth-order valence-corrected chi connectivity index (χ4v) is 1.35. The van der Waals surface area contributed by atoms with Crippen LogP contribution in [0.4, 0.5) is 5.95 Å². The van der Waals surface area contributed by atoms with Crippen molar-refractivity contribution in [1.82, 2.24) is 15.4 Å². The number of aromatic amines is 1. The molecule has 1 aromatic carbocycles. The molecule has 0 unspecified atom stereocenters. The standard InChI is InChI=1S/C9H10ClN7/c10-7(17-12)15-8(11)16-9-13-5-3-1-2-4-6(5)14-9/h1-4H,12H2,(H4,11,13,14,15,16,17). The lowest BCUT2D eigenvalue weighted by Crippen LogP contribution is -2.27. The molecule has 0 saturated carbocycles. The number of rotatable bonds is 1. The smallest absolute Gasteiger partial charge is 0.231 e. The molecule has 0 atom stereocenters. The summed E-state index contributed by atoms with van der Waals surface area (Å²) in [5, 5.41) is -0.0534. The van der Waals surface area contributed by atoms with E-state index in [0.29, 0.717) is 5.95 Å². The van der Waals surface area contributed by atoms with E-state index in [0.717, 1.165) is 11.0 Å². The van der Waals surface area contributed by atoms with E-state index < -0.39 is 0 Å². The first kappa shape index (κ1) is 11.4. The first-order valence-electron chi connectivity index (χ1n) is 4.69. The van der Waals surface area contributed by atoms with Crippen LogP contribution in [0.3, 0.4) is 0 Å². The fourth-order valence-electron chi connectivity index (χ4n) is 1.26. The third-order valence-corrected chi connectivity index (χ3v) is 2.12. The van der Waals surface area contributed by atoms with Gasteiger partial charge in [-0.05, 0) is 23.7 Å². The maximum absolute atomic E-state index is 5.53. The Hall–Kier alpha value is -2.12. The molecule has 0 aliphatic rings. The van der Waals surface area contributed by atoms with Crippen molar-refractivity contribution in [2.24, 2.45) is 21.6 Å². The van der Waals surface area contributed by atoms with Gasteiger partial charge in [-0.2, -0.15) is 9.98 Å². The third-order valence-electron chi connectivity index (χ3n) is 1.93. The maximum atomic E-state index is 5.53. The highest BCUT2D eigenvalue weighted by atomic mass is 35.5. The van der Waals surface area contributed by atoms with Crippen LogP contribution in [0.15, 0.2) is 34.3 Å². The van der Waals surface area contributed by atoms with Gasteiger partial charge < -0.3 is 10.7 Å². The predicted octanol–water partition coefficient (Wildman–Crippen LogP) is 0.567. The summed E-state index contributed by atoms with van der Waals surface area (Å²) in [4.78, 5) is 14.8. The van der Waals surface area contributed by atoms with Crippen LogP contribution in [0.25, 0.3) is 11.0 Å². The molecule has 0 bridgehead atoms. The molecule has 0 radical (unpaired) electrons. The van der Waals surface area contributed by atoms with E-state index in [-0.39, 0.29) is 11.3 Å². The van der Waals surface area contributed by atoms with Crippen molar-refractivity contribution in [2.75, 3.05) is 0 Å². The summed E-state index contributed by atoms with van der Waals surface area (Å²) in [6.07, 6.45) is 0. The summed E-state index contributed by atoms with van der Waals surface area (Å²) in [5.74, 6) is 5.33. The van der Waals surface area contributed by atoms with E-state index in [2.05, 4.69) is 25.4 Å². The quantitative estimate of drug-likeness (QED) is 0.195. The second kappa shape index (κ2) is 4.81. The van der Waals surface area contributed by atoms with Crippen molar-refractivity contribution < 1.29 is 0 Å². The molecule has 1 aromatic heterocycles. The Morgan fingerprint density at radius 3 is 2.88 bits per heavy atom. The van der Waals surface area contributed by atoms with E-state index in [4.69, 9.17) is 23.2 Å². The normalized spacial score (nSPS) is 13.1. The molecule has 8 heteroatoms. The number of fused-ring (bicyclic) bond motifs is 1. The van der Waals surface area contributed by atoms with E-state index in [1.54, 1.807) is 0 Å². The van der Waals surface area contributed by atoms with Crippen LogP contribution in [0, 0.1) is 0 Å². The van der Waals surface area contributed by atoms with Crippen molar-refractivity contribution in [2.45, 2.75) is 0 Å². The number of hydrazine groups is 1. The SMILES string of the molecule is NNC(Cl)=NC(N)=Nc1nc2ccccc2[nH]1. The molecule has 88 valence electrons. The number of aromatic nitrogens is 2. The lowest BCUT2D eigenvalue weighted by atomic mass is 10.3. The fraction of sp³-hybridized carbons (Fsp3) is 0. The van der Waals surface area contributed by atoms with Gasteiger partial charge in [0.15, 0.2) is 0 Å². The summed E-state index contributed by atoms with van der Waals surface area (Å²) in [5.41, 5.74) is 9.32. The molecule has 0 amide bonds. The Morgan fingerprint density at radius 1 is 1.41 bits per heavy atom. The largest absolute Gasteiger partial charge is 0.368 e. The number of halogens is 1. The van der Waals surface area contributed by atoms with Crippen molar-refractivity contribution >= 4 is 39.8 Å². The van der Waals surface area contributed by atoms with Gasteiger partial charge in [0.05, 0.1) is 11.0 Å². The number of para-hydroxylation sites is 2. The van der Waals surface area contributed by atoms with Crippen LogP contribution in [0.2, 0.25) is 0 Å². The zero-order valence-corrected chi connectivity index (χ0v) is 9.44. The number of nitrogens with zero attached hydrogens (tertiary/aromatic N) is 3. The van der Waals surface area contributed by atoms with Gasteiger partial charge in [-0.1, -0.05) is 12.1 Å². The zero-order valence-electron chi connectivity index (χ0n) is 8.68. The minimum atomic E-state index is -0.0534. The lowest BCUT2D eigenvalue weighted by Gasteiger charge is -1.94. The summed E-state index contributed by atoms with van der Waals surface area (Å²) in [6, 6.07) is 7.52. The summed E-state index contributed by atoms with van der Waals surface area (Å²) < 4.78 is 0. The van der Waals surface area contributed by atoms with Gasteiger partial charge in [-0.3, -0.25) is 5.43 Å². The molecule has 2 rings (SSSR count). The van der Waals surface area contributed by atoms with Gasteiger partial charge in [0.1, 0.15) is 0 Å². The Balaban J connectivity index is 2.31. The molecule has 0 aliphatic carbocycles. The van der Waals surface area contributed by atoms with Crippen molar-refractivity contribution in [1.29, 1.82) is 0 Å². The molecule has 17 heavy (non-hydrogen) atoms. The molecule has 0 fully saturated rings. The molecule has 7 nitrogen and oxygen atoms in total. The first-order chi connectivity index (χ1) is 8.19. The number of nitrogens with one attached hydrogen (secondary N) is 2. The van der Waals surface area contributed by atoms with Crippen LogP contribution in [-0.4, -0.2) is 21.2 Å². The van der Waals surface area contributed by atoms with E-state index >= 15 is 0 Å². The van der Waals surface area contributed by atoms with Crippen LogP contribution in [0.1, 0.15) is 0 Å². The average Bonchev–Trinajstić information content (AvgIpc) is 2.70. The van der Waals surface area contributed by atoms with Gasteiger partial charge in [0, 0.05) is 0 Å². The molecule has 0 saturated heterocycles. The minimum Gasteiger partial charge on any atom is -0.368 e. The Labute approximate surface area is 102 Å². The van der Waals surface area contributed by atoms with Crippen LogP contribution >= 0.6 is 11.6 Å². The van der Waals surface area contributed by atoms with Gasteiger partial charge in [-0.15, -0.1) is 0 Å². The number of H-pyrrole nitrogens is 1. The zero-order chi connectivity index (χ0) is 12.3. The highest BCUT2D eigenvalue weighted by Crippen LogP contribution is 2.15. The van der Waals surface area contributed by atoms with Gasteiger partial charge in [0.25, 0.3) is 0 Å². The van der Waals surface area contributed by atoms with Gasteiger partial charge in [-0.25, -0.2) is 10.8 Å². The highest BCUT2D eigenvalue weighted by molar-refractivity contribution is 6.65. The number of hydrogen-bond acceptors (Lipinski definition) is 3. The van der Waals surface area contributed by atoms with E-state index in [9.17, 15) is 0 Å². The number of nitrogens with two attached hydrogens (primary N) is 2. The van der Waals surface area contributed by atoms with Gasteiger partial charge >= 0.3 is 0 Å². The Kier molecular flexibility index (Phi) is 3.22. The number of amidine groups is 1. The molecule has 6 N–H and O–H groups in total. The second-order valence-electron chi connectivity index (χ2n) is 3.09. The summed E-state index contributed by atoms with van der Waals surface area (Å²) in [6.45, 7) is 0. The minimum absolute atomic E-state index is 0.0491. The van der Waals surface area contributed by atoms with Crippen molar-refractivity contribution in [3.05, 3.63) is 24.3 Å². The molecular weight excluding hydrogens is 242 g/mol. The number of guanidine groups is 1.